The molecule has 1 fully saturated rings. The molecule has 0 saturated carbocycles. The fourth-order valence-corrected chi connectivity index (χ4v) is 5.86. The molecule has 1 unspecified atom stereocenters. The summed E-state index contributed by atoms with van der Waals surface area (Å²) in [7, 11) is 0. The highest BCUT2D eigenvalue weighted by atomic mass is 32.1. The summed E-state index contributed by atoms with van der Waals surface area (Å²) in [5, 5.41) is 28.7. The highest BCUT2D eigenvalue weighted by molar-refractivity contribution is 7.19. The van der Waals surface area contributed by atoms with E-state index >= 15 is 0 Å². The Hall–Kier alpha value is -3.15. The van der Waals surface area contributed by atoms with E-state index in [1.54, 1.807) is 6.20 Å². The highest BCUT2D eigenvalue weighted by Gasteiger charge is 2.34. The lowest BCUT2D eigenvalue weighted by Gasteiger charge is -2.38. The Balaban J connectivity index is 1.68. The maximum absolute atomic E-state index is 11.5. The van der Waals surface area contributed by atoms with E-state index in [2.05, 4.69) is 16.0 Å². The summed E-state index contributed by atoms with van der Waals surface area (Å²) in [6.45, 7) is 1.87. The molecule has 2 aliphatic heterocycles. The molecule has 31 heavy (non-hydrogen) atoms. The van der Waals surface area contributed by atoms with E-state index in [1.165, 1.54) is 16.2 Å². The summed E-state index contributed by atoms with van der Waals surface area (Å²) in [4.78, 5) is 20.6. The fraction of sp³-hybridized carbons (Fsp3) is 0.348. The molecule has 0 bridgehead atoms. The zero-order chi connectivity index (χ0) is 21.5. The Morgan fingerprint density at radius 1 is 1.29 bits per heavy atom. The fourth-order valence-electron chi connectivity index (χ4n) is 4.86. The number of fused-ring (bicyclic) bond motifs is 2. The van der Waals surface area contributed by atoms with Crippen molar-refractivity contribution in [2.75, 3.05) is 24.5 Å². The molecule has 2 aromatic heterocycles. The molecular weight excluding hydrogens is 412 g/mol. The van der Waals surface area contributed by atoms with Gasteiger partial charge in [-0.2, -0.15) is 5.26 Å². The number of carboxylic acid groups (broad SMARTS) is 1. The van der Waals surface area contributed by atoms with Gasteiger partial charge in [-0.05, 0) is 49.1 Å². The Labute approximate surface area is 183 Å². The number of aryl methyl sites for hydroxylation is 1. The van der Waals surface area contributed by atoms with Crippen molar-refractivity contribution in [1.29, 1.82) is 5.26 Å². The van der Waals surface area contributed by atoms with E-state index in [-0.39, 0.29) is 12.6 Å². The van der Waals surface area contributed by atoms with Gasteiger partial charge in [0.15, 0.2) is 0 Å². The molecule has 5 rings (SSSR count). The Morgan fingerprint density at radius 3 is 2.90 bits per heavy atom. The minimum atomic E-state index is -0.870. The molecular formula is C23H22N4O3S. The molecule has 2 N–H and O–H groups in total. The third-order valence-corrected chi connectivity index (χ3v) is 7.38. The number of hydrogen-bond donors (Lipinski definition) is 2. The number of anilines is 1. The van der Waals surface area contributed by atoms with Crippen molar-refractivity contribution >= 4 is 33.3 Å². The van der Waals surface area contributed by atoms with Crippen LogP contribution in [0.4, 0.5) is 10.5 Å². The number of carbonyl (C=O) groups is 1. The standard InChI is InChI=1S/C23H22N4O3S/c24-11-14-8-15-2-1-6-27(16-4-7-26(12-16)23(29)30)21(15)19(9-14)18-3-5-25-20-10-17(13-28)31-22(18)20/h3,5,8-10,16,28H,1-2,4,6-7,12-13H2,(H,29,30). The number of amides is 1. The van der Waals surface area contributed by atoms with Gasteiger partial charge < -0.3 is 20.0 Å². The lowest BCUT2D eigenvalue weighted by atomic mass is 9.90. The van der Waals surface area contributed by atoms with Gasteiger partial charge >= 0.3 is 6.09 Å². The molecule has 3 aromatic rings. The lowest BCUT2D eigenvalue weighted by molar-refractivity contribution is 0.155. The second-order valence-electron chi connectivity index (χ2n) is 8.06. The molecule has 1 amide bonds. The first kappa shape index (κ1) is 19.8. The van der Waals surface area contributed by atoms with E-state index in [0.29, 0.717) is 18.7 Å². The van der Waals surface area contributed by atoms with Crippen LogP contribution in [0.2, 0.25) is 0 Å². The largest absolute Gasteiger partial charge is 0.465 e. The second kappa shape index (κ2) is 7.84. The van der Waals surface area contributed by atoms with Crippen LogP contribution in [0.5, 0.6) is 0 Å². The quantitative estimate of drug-likeness (QED) is 0.650. The highest BCUT2D eigenvalue weighted by Crippen LogP contribution is 2.44. The number of thiophene rings is 1. The van der Waals surface area contributed by atoms with Crippen LogP contribution in [0, 0.1) is 11.3 Å². The number of benzene rings is 1. The average molecular weight is 435 g/mol. The maximum atomic E-state index is 11.5. The normalized spacial score (nSPS) is 18.3. The zero-order valence-electron chi connectivity index (χ0n) is 16.9. The van der Waals surface area contributed by atoms with Gasteiger partial charge in [0.25, 0.3) is 0 Å². The van der Waals surface area contributed by atoms with E-state index in [0.717, 1.165) is 63.3 Å². The summed E-state index contributed by atoms with van der Waals surface area (Å²) in [5.74, 6) is 0. The SMILES string of the molecule is N#Cc1cc2c(c(-c3ccnc4cc(CO)sc34)c1)N(C1CCN(C(=O)O)C1)CCC2. The number of pyridine rings is 1. The Bertz CT molecular complexity index is 1220. The summed E-state index contributed by atoms with van der Waals surface area (Å²) in [5.41, 5.74) is 5.69. The van der Waals surface area contributed by atoms with Gasteiger partial charge in [-0.1, -0.05) is 0 Å². The molecule has 158 valence electrons. The van der Waals surface area contributed by atoms with Crippen LogP contribution >= 0.6 is 11.3 Å². The van der Waals surface area contributed by atoms with Crippen LogP contribution < -0.4 is 4.90 Å². The molecule has 7 nitrogen and oxygen atoms in total. The molecule has 1 atom stereocenters. The van der Waals surface area contributed by atoms with Crippen molar-refractivity contribution in [2.24, 2.45) is 0 Å². The smallest absolute Gasteiger partial charge is 0.407 e. The van der Waals surface area contributed by atoms with Crippen molar-refractivity contribution in [1.82, 2.24) is 9.88 Å². The van der Waals surface area contributed by atoms with Gasteiger partial charge in [-0.3, -0.25) is 4.98 Å². The van der Waals surface area contributed by atoms with Gasteiger partial charge in [0.2, 0.25) is 0 Å². The Kier molecular flexibility index (Phi) is 5.00. The monoisotopic (exact) mass is 434 g/mol. The first-order valence-electron chi connectivity index (χ1n) is 10.4. The number of aliphatic hydroxyl groups is 1. The first-order valence-corrected chi connectivity index (χ1v) is 11.2. The summed E-state index contributed by atoms with van der Waals surface area (Å²) < 4.78 is 0.993. The molecule has 0 spiro atoms. The van der Waals surface area contributed by atoms with Crippen LogP contribution in [0.1, 0.15) is 28.8 Å². The van der Waals surface area contributed by atoms with Crippen molar-refractivity contribution < 1.29 is 15.0 Å². The summed E-state index contributed by atoms with van der Waals surface area (Å²) >= 11 is 1.52. The molecule has 8 heteroatoms. The van der Waals surface area contributed by atoms with Crippen LogP contribution in [-0.4, -0.2) is 51.9 Å². The van der Waals surface area contributed by atoms with E-state index in [9.17, 15) is 20.3 Å². The third-order valence-electron chi connectivity index (χ3n) is 6.23. The minimum absolute atomic E-state index is 0.0317. The van der Waals surface area contributed by atoms with Crippen molar-refractivity contribution in [3.63, 3.8) is 0 Å². The van der Waals surface area contributed by atoms with Crippen LogP contribution in [0.3, 0.4) is 0 Å². The van der Waals surface area contributed by atoms with Crippen LogP contribution in [0.15, 0.2) is 30.5 Å². The number of nitriles is 1. The molecule has 2 aliphatic rings. The topological polar surface area (TPSA) is 101 Å². The van der Waals surface area contributed by atoms with Crippen LogP contribution in [0.25, 0.3) is 21.3 Å². The van der Waals surface area contributed by atoms with Gasteiger partial charge in [-0.15, -0.1) is 11.3 Å². The second-order valence-corrected chi connectivity index (χ2v) is 9.19. The summed E-state index contributed by atoms with van der Waals surface area (Å²) in [6, 6.07) is 10.2. The van der Waals surface area contributed by atoms with E-state index < -0.39 is 6.09 Å². The van der Waals surface area contributed by atoms with Gasteiger partial charge in [0.05, 0.1) is 28.5 Å². The van der Waals surface area contributed by atoms with Crippen molar-refractivity contribution in [2.45, 2.75) is 31.9 Å². The number of nitrogens with zero attached hydrogens (tertiary/aromatic N) is 4. The van der Waals surface area contributed by atoms with Crippen molar-refractivity contribution in [3.05, 3.63) is 46.5 Å². The van der Waals surface area contributed by atoms with Gasteiger partial charge in [-0.25, -0.2) is 4.79 Å². The average Bonchev–Trinajstić information content (AvgIpc) is 3.45. The number of hydrogen-bond acceptors (Lipinski definition) is 6. The molecule has 0 aliphatic carbocycles. The lowest BCUT2D eigenvalue weighted by Crippen LogP contribution is -2.42. The molecule has 1 saturated heterocycles. The predicted octanol–water partition coefficient (Wildman–Crippen LogP) is 3.83. The van der Waals surface area contributed by atoms with E-state index in [4.69, 9.17) is 0 Å². The zero-order valence-corrected chi connectivity index (χ0v) is 17.7. The maximum Gasteiger partial charge on any atom is 0.407 e. The number of rotatable bonds is 3. The first-order chi connectivity index (χ1) is 15.1. The van der Waals surface area contributed by atoms with Crippen molar-refractivity contribution in [3.8, 4) is 17.2 Å². The molecule has 1 aromatic carbocycles. The van der Waals surface area contributed by atoms with Gasteiger partial charge in [0, 0.05) is 53.6 Å². The molecule has 0 radical (unpaired) electrons. The summed E-state index contributed by atoms with van der Waals surface area (Å²) in [6.07, 6.45) is 3.57. The van der Waals surface area contributed by atoms with Gasteiger partial charge in [0.1, 0.15) is 0 Å². The third kappa shape index (κ3) is 3.40. The number of aromatic nitrogens is 1. The predicted molar refractivity (Wildman–Crippen MR) is 119 cm³/mol. The molecule has 4 heterocycles. The van der Waals surface area contributed by atoms with Crippen LogP contribution in [-0.2, 0) is 13.0 Å². The number of aliphatic hydroxyl groups excluding tert-OH is 1. The number of likely N-dealkylation sites (tertiary alicyclic amines) is 1. The van der Waals surface area contributed by atoms with E-state index in [1.807, 2.05) is 24.3 Å². The minimum Gasteiger partial charge on any atom is -0.465 e. The Morgan fingerprint density at radius 2 is 2.16 bits per heavy atom.